The second kappa shape index (κ2) is 4.72. The third-order valence-corrected chi connectivity index (χ3v) is 3.48. The first-order valence-electron chi connectivity index (χ1n) is 4.10. The van der Waals surface area contributed by atoms with Crippen molar-refractivity contribution in [2.45, 2.75) is 38.2 Å². The van der Waals surface area contributed by atoms with Gasteiger partial charge in [0.05, 0.1) is 11.4 Å². The van der Waals surface area contributed by atoms with Crippen LogP contribution in [-0.4, -0.2) is 42.0 Å². The number of aliphatic hydroxyl groups excluding tert-OH is 1. The monoisotopic (exact) mass is 225 g/mol. The lowest BCUT2D eigenvalue weighted by molar-refractivity contribution is -0.141. The Morgan fingerprint density at radius 1 is 1.29 bits per heavy atom. The van der Waals surface area contributed by atoms with Crippen LogP contribution in [0.5, 0.6) is 0 Å². The van der Waals surface area contributed by atoms with E-state index < -0.39 is 33.4 Å². The van der Waals surface area contributed by atoms with Crippen molar-refractivity contribution in [3.63, 3.8) is 0 Å². The fourth-order valence-electron chi connectivity index (χ4n) is 0.668. The molecule has 0 saturated heterocycles. The number of nitrogens with one attached hydrogen (secondary N) is 1. The zero-order valence-electron chi connectivity index (χ0n) is 8.26. The summed E-state index contributed by atoms with van der Waals surface area (Å²) in [5.74, 6) is -1.40. The largest absolute Gasteiger partial charge is 0.480 e. The third kappa shape index (κ3) is 3.60. The number of rotatable bonds is 5. The molecule has 7 heteroatoms. The summed E-state index contributed by atoms with van der Waals surface area (Å²) in [7, 11) is -3.68. The van der Waals surface area contributed by atoms with Crippen molar-refractivity contribution in [3.05, 3.63) is 0 Å². The van der Waals surface area contributed by atoms with E-state index >= 15 is 0 Å². The zero-order valence-corrected chi connectivity index (χ0v) is 9.08. The van der Waals surface area contributed by atoms with E-state index in [1.54, 1.807) is 0 Å². The van der Waals surface area contributed by atoms with Gasteiger partial charge in [0.25, 0.3) is 0 Å². The molecule has 3 N–H and O–H groups in total. The number of carbonyl (C=O) groups is 1. The Bertz CT molecular complexity index is 295. The molecule has 0 spiro atoms. The van der Waals surface area contributed by atoms with Gasteiger partial charge in [0.15, 0.2) is 0 Å². The molecule has 14 heavy (non-hydrogen) atoms. The number of carboxylic acids is 1. The van der Waals surface area contributed by atoms with Gasteiger partial charge in [-0.05, 0) is 20.8 Å². The Balaban J connectivity index is 4.71. The van der Waals surface area contributed by atoms with Gasteiger partial charge in [0, 0.05) is 0 Å². The highest BCUT2D eigenvalue weighted by atomic mass is 32.2. The second-order valence-electron chi connectivity index (χ2n) is 3.27. The highest BCUT2D eigenvalue weighted by Gasteiger charge is 2.29. The number of carboxylic acid groups (broad SMARTS) is 1. The van der Waals surface area contributed by atoms with Gasteiger partial charge in [-0.1, -0.05) is 0 Å². The molecular weight excluding hydrogens is 210 g/mol. The number of aliphatic carboxylic acids is 1. The highest BCUT2D eigenvalue weighted by molar-refractivity contribution is 7.90. The van der Waals surface area contributed by atoms with Crippen LogP contribution in [0.4, 0.5) is 0 Å². The Labute approximate surface area is 83.0 Å². The van der Waals surface area contributed by atoms with Crippen LogP contribution in [0.15, 0.2) is 0 Å². The van der Waals surface area contributed by atoms with Gasteiger partial charge in [-0.2, -0.15) is 4.72 Å². The SMILES string of the molecule is CC(O)C(NS(=O)(=O)C(C)C)C(=O)O. The lowest BCUT2D eigenvalue weighted by Gasteiger charge is -2.18. The summed E-state index contributed by atoms with van der Waals surface area (Å²) >= 11 is 0. The first-order valence-corrected chi connectivity index (χ1v) is 5.65. The van der Waals surface area contributed by atoms with Gasteiger partial charge in [0.1, 0.15) is 6.04 Å². The lowest BCUT2D eigenvalue weighted by Crippen LogP contribution is -2.49. The van der Waals surface area contributed by atoms with Crippen LogP contribution in [0.1, 0.15) is 20.8 Å². The molecule has 84 valence electrons. The molecule has 0 aromatic carbocycles. The van der Waals surface area contributed by atoms with Crippen LogP contribution in [0.25, 0.3) is 0 Å². The van der Waals surface area contributed by atoms with Crippen molar-refractivity contribution in [2.24, 2.45) is 0 Å². The first-order chi connectivity index (χ1) is 6.18. The van der Waals surface area contributed by atoms with Gasteiger partial charge >= 0.3 is 5.97 Å². The average Bonchev–Trinajstić information content (AvgIpc) is 1.98. The van der Waals surface area contributed by atoms with Crippen LogP contribution >= 0.6 is 0 Å². The van der Waals surface area contributed by atoms with Crippen LogP contribution in [0.2, 0.25) is 0 Å². The van der Waals surface area contributed by atoms with Crippen molar-refractivity contribution in [3.8, 4) is 0 Å². The molecule has 0 aliphatic carbocycles. The lowest BCUT2D eigenvalue weighted by atomic mass is 10.2. The number of hydrogen-bond donors (Lipinski definition) is 3. The van der Waals surface area contributed by atoms with E-state index in [-0.39, 0.29) is 0 Å². The molecule has 0 rings (SSSR count). The molecule has 0 aromatic heterocycles. The van der Waals surface area contributed by atoms with E-state index in [0.29, 0.717) is 0 Å². The van der Waals surface area contributed by atoms with Crippen molar-refractivity contribution in [2.75, 3.05) is 0 Å². The molecule has 2 atom stereocenters. The Kier molecular flexibility index (Phi) is 4.50. The average molecular weight is 225 g/mol. The van der Waals surface area contributed by atoms with Crippen molar-refractivity contribution >= 4 is 16.0 Å². The van der Waals surface area contributed by atoms with Crippen LogP contribution in [0.3, 0.4) is 0 Å². The molecule has 6 nitrogen and oxygen atoms in total. The minimum Gasteiger partial charge on any atom is -0.480 e. The second-order valence-corrected chi connectivity index (χ2v) is 5.54. The minimum absolute atomic E-state index is 0.733. The van der Waals surface area contributed by atoms with E-state index in [2.05, 4.69) is 0 Å². The van der Waals surface area contributed by atoms with Crippen molar-refractivity contribution in [1.82, 2.24) is 4.72 Å². The Morgan fingerprint density at radius 3 is 1.93 bits per heavy atom. The zero-order chi connectivity index (χ0) is 11.5. The normalized spacial score (nSPS) is 16.6. The summed E-state index contributed by atoms with van der Waals surface area (Å²) in [6.07, 6.45) is -1.28. The van der Waals surface area contributed by atoms with Gasteiger partial charge in [-0.25, -0.2) is 8.42 Å². The van der Waals surface area contributed by atoms with Crippen molar-refractivity contribution in [1.29, 1.82) is 0 Å². The molecule has 0 aliphatic heterocycles. The Morgan fingerprint density at radius 2 is 1.71 bits per heavy atom. The van der Waals surface area contributed by atoms with E-state index in [4.69, 9.17) is 10.2 Å². The van der Waals surface area contributed by atoms with Gasteiger partial charge in [-0.3, -0.25) is 4.79 Å². The maximum atomic E-state index is 11.3. The van der Waals surface area contributed by atoms with E-state index in [9.17, 15) is 13.2 Å². The summed E-state index contributed by atoms with van der Waals surface area (Å²) < 4.78 is 24.4. The van der Waals surface area contributed by atoms with E-state index in [1.165, 1.54) is 20.8 Å². The van der Waals surface area contributed by atoms with Crippen LogP contribution in [-0.2, 0) is 14.8 Å². The summed E-state index contributed by atoms with van der Waals surface area (Å²) in [6.45, 7) is 4.05. The van der Waals surface area contributed by atoms with E-state index in [1.807, 2.05) is 4.72 Å². The number of aliphatic hydroxyl groups is 1. The molecule has 0 amide bonds. The molecule has 0 aromatic rings. The maximum absolute atomic E-state index is 11.3. The number of sulfonamides is 1. The Hall–Kier alpha value is -0.660. The van der Waals surface area contributed by atoms with Gasteiger partial charge < -0.3 is 10.2 Å². The highest BCUT2D eigenvalue weighted by Crippen LogP contribution is 2.01. The van der Waals surface area contributed by atoms with Crippen LogP contribution in [0, 0.1) is 0 Å². The molecule has 0 radical (unpaired) electrons. The predicted octanol–water partition coefficient (Wildman–Crippen LogP) is -0.852. The summed E-state index contributed by atoms with van der Waals surface area (Å²) in [4.78, 5) is 10.6. The molecule has 0 fully saturated rings. The summed E-state index contributed by atoms with van der Waals surface area (Å²) in [6, 6.07) is -1.50. The van der Waals surface area contributed by atoms with Gasteiger partial charge in [-0.15, -0.1) is 0 Å². The minimum atomic E-state index is -3.68. The maximum Gasteiger partial charge on any atom is 0.324 e. The molecule has 0 heterocycles. The quantitative estimate of drug-likeness (QED) is 0.565. The van der Waals surface area contributed by atoms with Crippen molar-refractivity contribution < 1.29 is 23.4 Å². The molecule has 0 bridgehead atoms. The fraction of sp³-hybridized carbons (Fsp3) is 0.857. The van der Waals surface area contributed by atoms with E-state index in [0.717, 1.165) is 0 Å². The molecule has 2 unspecified atom stereocenters. The smallest absolute Gasteiger partial charge is 0.324 e. The topological polar surface area (TPSA) is 104 Å². The van der Waals surface area contributed by atoms with Gasteiger partial charge in [0.2, 0.25) is 10.0 Å². The first kappa shape index (κ1) is 13.3. The fourth-order valence-corrected chi connectivity index (χ4v) is 1.59. The molecule has 0 saturated carbocycles. The standard InChI is InChI=1S/C7H15NO5S/c1-4(2)14(12,13)8-6(5(3)9)7(10)11/h4-6,8-9H,1-3H3,(H,10,11). The third-order valence-electron chi connectivity index (χ3n) is 1.66. The molecular formula is C7H15NO5S. The predicted molar refractivity (Wildman–Crippen MR) is 50.3 cm³/mol. The number of hydrogen-bond acceptors (Lipinski definition) is 4. The molecule has 0 aliphatic rings. The van der Waals surface area contributed by atoms with Crippen LogP contribution < -0.4 is 4.72 Å². The summed E-state index contributed by atoms with van der Waals surface area (Å²) in [5.41, 5.74) is 0. The summed E-state index contributed by atoms with van der Waals surface area (Å²) in [5, 5.41) is 16.9.